The molecule has 1 fully saturated rings. The lowest BCUT2D eigenvalue weighted by atomic mass is 9.86. The first-order chi connectivity index (χ1) is 7.62. The van der Waals surface area contributed by atoms with Crippen molar-refractivity contribution in [2.24, 2.45) is 5.92 Å². The van der Waals surface area contributed by atoms with Crippen LogP contribution in [0.15, 0.2) is 12.5 Å². The zero-order chi connectivity index (χ0) is 11.6. The maximum absolute atomic E-state index is 4.33. The molecule has 0 aliphatic carbocycles. The monoisotopic (exact) mass is 221 g/mol. The van der Waals surface area contributed by atoms with Crippen molar-refractivity contribution in [2.45, 2.75) is 45.6 Å². The number of nitrogens with one attached hydrogen (secondary N) is 1. The Bertz CT molecular complexity index is 335. The molecular weight excluding hydrogens is 198 g/mol. The van der Waals surface area contributed by atoms with Crippen LogP contribution in [0.4, 0.5) is 0 Å². The number of nitrogens with zero attached hydrogens (tertiary/aromatic N) is 2. The molecule has 0 radical (unpaired) electrons. The number of rotatable bonds is 4. The first kappa shape index (κ1) is 11.6. The van der Waals surface area contributed by atoms with Gasteiger partial charge in [-0.2, -0.15) is 0 Å². The van der Waals surface area contributed by atoms with Gasteiger partial charge in [0.25, 0.3) is 0 Å². The Hall–Kier alpha value is -0.830. The second kappa shape index (κ2) is 4.58. The van der Waals surface area contributed by atoms with E-state index in [0.29, 0.717) is 0 Å². The fraction of sp³-hybridized carbons (Fsp3) is 0.769. The average molecular weight is 221 g/mol. The molecule has 3 heteroatoms. The number of hydrogen-bond donors (Lipinski definition) is 1. The van der Waals surface area contributed by atoms with Crippen molar-refractivity contribution >= 4 is 0 Å². The molecule has 1 atom stereocenters. The third kappa shape index (κ3) is 2.29. The number of aromatic nitrogens is 2. The van der Waals surface area contributed by atoms with Gasteiger partial charge in [0.2, 0.25) is 0 Å². The van der Waals surface area contributed by atoms with Gasteiger partial charge in [-0.25, -0.2) is 4.98 Å². The minimum Gasteiger partial charge on any atom is -0.334 e. The maximum atomic E-state index is 4.33. The van der Waals surface area contributed by atoms with Crippen molar-refractivity contribution in [2.75, 3.05) is 13.1 Å². The van der Waals surface area contributed by atoms with Crippen LogP contribution in [0.1, 0.15) is 39.3 Å². The molecule has 1 aliphatic heterocycles. The van der Waals surface area contributed by atoms with Crippen LogP contribution in [0.25, 0.3) is 0 Å². The topological polar surface area (TPSA) is 29.9 Å². The van der Waals surface area contributed by atoms with Crippen LogP contribution in [0.3, 0.4) is 0 Å². The molecule has 0 saturated carbocycles. The lowest BCUT2D eigenvalue weighted by Crippen LogP contribution is -2.28. The minimum atomic E-state index is 0.285. The van der Waals surface area contributed by atoms with Gasteiger partial charge in [-0.1, -0.05) is 20.8 Å². The van der Waals surface area contributed by atoms with E-state index in [0.717, 1.165) is 25.6 Å². The highest BCUT2D eigenvalue weighted by Crippen LogP contribution is 2.29. The molecule has 1 saturated heterocycles. The van der Waals surface area contributed by atoms with Crippen LogP contribution in [0, 0.1) is 5.92 Å². The van der Waals surface area contributed by atoms with E-state index >= 15 is 0 Å². The quantitative estimate of drug-likeness (QED) is 0.844. The molecule has 2 rings (SSSR count). The lowest BCUT2D eigenvalue weighted by Gasteiger charge is -2.24. The van der Waals surface area contributed by atoms with Gasteiger partial charge in [0.05, 0.1) is 6.33 Å². The number of imidazole rings is 1. The van der Waals surface area contributed by atoms with E-state index in [1.165, 1.54) is 18.5 Å². The highest BCUT2D eigenvalue weighted by molar-refractivity contribution is 5.17. The minimum absolute atomic E-state index is 0.285. The Kier molecular flexibility index (Phi) is 3.33. The Morgan fingerprint density at radius 1 is 1.56 bits per heavy atom. The Morgan fingerprint density at radius 2 is 2.38 bits per heavy atom. The third-order valence-corrected chi connectivity index (χ3v) is 3.65. The van der Waals surface area contributed by atoms with Gasteiger partial charge in [-0.05, 0) is 25.3 Å². The summed E-state index contributed by atoms with van der Waals surface area (Å²) in [5.74, 6) is 0.754. The first-order valence-corrected chi connectivity index (χ1v) is 6.33. The molecule has 0 amide bonds. The molecule has 0 bridgehead atoms. The second-order valence-corrected chi connectivity index (χ2v) is 5.64. The van der Waals surface area contributed by atoms with Gasteiger partial charge in [0.15, 0.2) is 0 Å². The molecule has 1 aromatic rings. The van der Waals surface area contributed by atoms with Gasteiger partial charge in [-0.3, -0.25) is 0 Å². The smallest absolute Gasteiger partial charge is 0.0948 e. The van der Waals surface area contributed by atoms with E-state index in [-0.39, 0.29) is 5.41 Å². The first-order valence-electron chi connectivity index (χ1n) is 6.33. The highest BCUT2D eigenvalue weighted by Gasteiger charge is 2.33. The second-order valence-electron chi connectivity index (χ2n) is 5.64. The Labute approximate surface area is 98.3 Å². The predicted octanol–water partition coefficient (Wildman–Crippen LogP) is 2.18. The van der Waals surface area contributed by atoms with Gasteiger partial charge in [0, 0.05) is 30.4 Å². The van der Waals surface area contributed by atoms with Crippen molar-refractivity contribution in [1.82, 2.24) is 14.9 Å². The zero-order valence-corrected chi connectivity index (χ0v) is 10.7. The largest absolute Gasteiger partial charge is 0.334 e. The van der Waals surface area contributed by atoms with E-state index in [2.05, 4.69) is 35.6 Å². The van der Waals surface area contributed by atoms with Crippen LogP contribution in [-0.2, 0) is 12.0 Å². The average Bonchev–Trinajstić information content (AvgIpc) is 2.83. The maximum Gasteiger partial charge on any atom is 0.0948 e. The SMILES string of the molecule is CC(C)CCn1cncc1C1(C)CCNC1. The Morgan fingerprint density at radius 3 is 3.00 bits per heavy atom. The fourth-order valence-electron chi connectivity index (χ4n) is 2.43. The molecule has 0 spiro atoms. The van der Waals surface area contributed by atoms with Gasteiger partial charge in [-0.15, -0.1) is 0 Å². The van der Waals surface area contributed by atoms with E-state index in [1.807, 2.05) is 12.5 Å². The van der Waals surface area contributed by atoms with Crippen molar-refractivity contribution in [3.63, 3.8) is 0 Å². The van der Waals surface area contributed by atoms with Crippen LogP contribution >= 0.6 is 0 Å². The van der Waals surface area contributed by atoms with E-state index in [9.17, 15) is 0 Å². The Balaban J connectivity index is 2.12. The highest BCUT2D eigenvalue weighted by atomic mass is 15.1. The van der Waals surface area contributed by atoms with E-state index in [4.69, 9.17) is 0 Å². The molecule has 90 valence electrons. The molecule has 1 aliphatic rings. The van der Waals surface area contributed by atoms with Gasteiger partial charge in [0.1, 0.15) is 0 Å². The summed E-state index contributed by atoms with van der Waals surface area (Å²) in [6.07, 6.45) is 6.49. The predicted molar refractivity (Wildman–Crippen MR) is 66.5 cm³/mol. The normalized spacial score (nSPS) is 25.5. The van der Waals surface area contributed by atoms with Crippen molar-refractivity contribution < 1.29 is 0 Å². The van der Waals surface area contributed by atoms with E-state index in [1.54, 1.807) is 0 Å². The van der Waals surface area contributed by atoms with Crippen LogP contribution in [-0.4, -0.2) is 22.6 Å². The summed E-state index contributed by atoms with van der Waals surface area (Å²) >= 11 is 0. The molecule has 16 heavy (non-hydrogen) atoms. The summed E-state index contributed by atoms with van der Waals surface area (Å²) in [5, 5.41) is 3.45. The molecule has 1 N–H and O–H groups in total. The third-order valence-electron chi connectivity index (χ3n) is 3.65. The van der Waals surface area contributed by atoms with E-state index < -0.39 is 0 Å². The zero-order valence-electron chi connectivity index (χ0n) is 10.7. The molecule has 3 nitrogen and oxygen atoms in total. The molecule has 1 aromatic heterocycles. The van der Waals surface area contributed by atoms with Crippen LogP contribution < -0.4 is 5.32 Å². The van der Waals surface area contributed by atoms with Crippen molar-refractivity contribution in [3.05, 3.63) is 18.2 Å². The standard InChI is InChI=1S/C13H23N3/c1-11(2)4-7-16-10-15-8-12(16)13(3)5-6-14-9-13/h8,10-11,14H,4-7,9H2,1-3H3. The number of hydrogen-bond acceptors (Lipinski definition) is 2. The molecule has 0 aromatic carbocycles. The van der Waals surface area contributed by atoms with Crippen LogP contribution in [0.5, 0.6) is 0 Å². The number of aryl methyl sites for hydroxylation is 1. The van der Waals surface area contributed by atoms with Gasteiger partial charge >= 0.3 is 0 Å². The molecule has 1 unspecified atom stereocenters. The summed E-state index contributed by atoms with van der Waals surface area (Å²) in [5.41, 5.74) is 1.69. The molecule has 2 heterocycles. The summed E-state index contributed by atoms with van der Waals surface area (Å²) in [6, 6.07) is 0. The van der Waals surface area contributed by atoms with Gasteiger partial charge < -0.3 is 9.88 Å². The summed E-state index contributed by atoms with van der Waals surface area (Å²) in [7, 11) is 0. The van der Waals surface area contributed by atoms with Crippen molar-refractivity contribution in [1.29, 1.82) is 0 Å². The summed E-state index contributed by atoms with van der Waals surface area (Å²) in [6.45, 7) is 10.2. The van der Waals surface area contributed by atoms with Crippen molar-refractivity contribution in [3.8, 4) is 0 Å². The fourth-order valence-corrected chi connectivity index (χ4v) is 2.43. The van der Waals surface area contributed by atoms with Crippen LogP contribution in [0.2, 0.25) is 0 Å². The summed E-state index contributed by atoms with van der Waals surface area (Å²) < 4.78 is 2.34. The molecular formula is C13H23N3. The lowest BCUT2D eigenvalue weighted by molar-refractivity contribution is 0.445. The summed E-state index contributed by atoms with van der Waals surface area (Å²) in [4.78, 5) is 4.33.